The molecule has 1 heterocycles. The third-order valence-electron chi connectivity index (χ3n) is 4.94. The maximum atomic E-state index is 12.7. The molecule has 0 amide bonds. The Labute approximate surface area is 191 Å². The molecule has 1 fully saturated rings. The van der Waals surface area contributed by atoms with Crippen LogP contribution in [-0.4, -0.2) is 52.0 Å². The Morgan fingerprint density at radius 3 is 2.58 bits per heavy atom. The zero-order valence-electron chi connectivity index (χ0n) is 18.6. The van der Waals surface area contributed by atoms with Gasteiger partial charge in [-0.15, -0.1) is 13.2 Å². The second-order valence-electron chi connectivity index (χ2n) is 8.02. The molecular formula is C22H27F3N2O5S. The van der Waals surface area contributed by atoms with Crippen molar-refractivity contribution in [1.29, 1.82) is 0 Å². The molecule has 2 aromatic rings. The van der Waals surface area contributed by atoms with E-state index in [1.165, 1.54) is 12.1 Å². The summed E-state index contributed by atoms with van der Waals surface area (Å²) in [5.41, 5.74) is 0.989. The summed E-state index contributed by atoms with van der Waals surface area (Å²) in [6.45, 7) is 5.57. The topological polar surface area (TPSA) is 77.1 Å². The Morgan fingerprint density at radius 1 is 1.15 bits per heavy atom. The Bertz CT molecular complexity index is 1060. The van der Waals surface area contributed by atoms with Gasteiger partial charge < -0.3 is 14.2 Å². The highest BCUT2D eigenvalue weighted by Gasteiger charge is 2.32. The molecule has 0 spiro atoms. The van der Waals surface area contributed by atoms with Crippen molar-refractivity contribution in [2.45, 2.75) is 50.2 Å². The molecule has 7 nitrogen and oxygen atoms in total. The number of rotatable bonds is 9. The van der Waals surface area contributed by atoms with E-state index >= 15 is 0 Å². The first kappa shape index (κ1) is 25.1. The fourth-order valence-corrected chi connectivity index (χ4v) is 4.91. The molecule has 0 aromatic heterocycles. The van der Waals surface area contributed by atoms with Crippen molar-refractivity contribution in [2.75, 3.05) is 20.2 Å². The SMILES string of the molecule is COc1cc(CN2CC[C@@H](NS(=O)(=O)c3cccc(OC(F)(F)F)c3)C2)ccc1OC(C)C. The lowest BCUT2D eigenvalue weighted by molar-refractivity contribution is -0.274. The van der Waals surface area contributed by atoms with Gasteiger partial charge in [-0.05, 0) is 50.1 Å². The van der Waals surface area contributed by atoms with Gasteiger partial charge in [0.1, 0.15) is 5.75 Å². The number of hydrogen-bond acceptors (Lipinski definition) is 6. The first-order valence-corrected chi connectivity index (χ1v) is 11.9. The van der Waals surface area contributed by atoms with Gasteiger partial charge in [0.2, 0.25) is 10.0 Å². The highest BCUT2D eigenvalue weighted by Crippen LogP contribution is 2.30. The van der Waals surface area contributed by atoms with Crippen molar-refractivity contribution in [3.8, 4) is 17.2 Å². The van der Waals surface area contributed by atoms with E-state index in [-0.39, 0.29) is 17.0 Å². The Morgan fingerprint density at radius 2 is 1.91 bits per heavy atom. The number of hydrogen-bond donors (Lipinski definition) is 1. The maximum Gasteiger partial charge on any atom is 0.573 e. The average Bonchev–Trinajstić information content (AvgIpc) is 3.13. The van der Waals surface area contributed by atoms with Gasteiger partial charge >= 0.3 is 6.36 Å². The maximum absolute atomic E-state index is 12.7. The molecule has 0 bridgehead atoms. The lowest BCUT2D eigenvalue weighted by Gasteiger charge is -2.19. The summed E-state index contributed by atoms with van der Waals surface area (Å²) >= 11 is 0. The van der Waals surface area contributed by atoms with Gasteiger partial charge in [-0.1, -0.05) is 12.1 Å². The van der Waals surface area contributed by atoms with Crippen molar-refractivity contribution in [3.05, 3.63) is 48.0 Å². The van der Waals surface area contributed by atoms with Crippen molar-refractivity contribution < 1.29 is 35.8 Å². The minimum atomic E-state index is -4.90. The minimum absolute atomic E-state index is 0.0119. The number of nitrogens with zero attached hydrogens (tertiary/aromatic N) is 1. The van der Waals surface area contributed by atoms with Crippen LogP contribution in [0.5, 0.6) is 17.2 Å². The van der Waals surface area contributed by atoms with Crippen LogP contribution in [0.4, 0.5) is 13.2 Å². The smallest absolute Gasteiger partial charge is 0.493 e. The second-order valence-corrected chi connectivity index (χ2v) is 9.73. The van der Waals surface area contributed by atoms with E-state index in [1.54, 1.807) is 7.11 Å². The number of halogens is 3. The summed E-state index contributed by atoms with van der Waals surface area (Å²) in [5.74, 6) is 0.691. The summed E-state index contributed by atoms with van der Waals surface area (Å²) < 4.78 is 80.2. The van der Waals surface area contributed by atoms with Gasteiger partial charge in [0.05, 0.1) is 18.1 Å². The number of methoxy groups -OCH3 is 1. The standard InChI is InChI=1S/C22H27F3N2O5S/c1-15(2)31-20-8-7-16(11-21(20)30-3)13-27-10-9-17(14-27)26-33(28,29)19-6-4-5-18(12-19)32-22(23,24)25/h4-8,11-12,15,17,26H,9-10,13-14H2,1-3H3/t17-/m1/s1. The zero-order valence-corrected chi connectivity index (χ0v) is 19.4. The van der Waals surface area contributed by atoms with E-state index in [2.05, 4.69) is 14.4 Å². The third-order valence-corrected chi connectivity index (χ3v) is 6.46. The molecule has 0 saturated carbocycles. The Kier molecular flexibility index (Phi) is 7.76. The quantitative estimate of drug-likeness (QED) is 0.576. The summed E-state index contributed by atoms with van der Waals surface area (Å²) in [6.07, 6.45) is -4.31. The van der Waals surface area contributed by atoms with E-state index in [0.29, 0.717) is 37.6 Å². The lowest BCUT2D eigenvalue weighted by Crippen LogP contribution is -2.37. The van der Waals surface area contributed by atoms with Gasteiger partial charge in [0, 0.05) is 31.7 Å². The van der Waals surface area contributed by atoms with E-state index in [9.17, 15) is 21.6 Å². The van der Waals surface area contributed by atoms with Gasteiger partial charge in [0.25, 0.3) is 0 Å². The van der Waals surface area contributed by atoms with E-state index in [4.69, 9.17) is 9.47 Å². The number of benzene rings is 2. The van der Waals surface area contributed by atoms with Crippen molar-refractivity contribution in [1.82, 2.24) is 9.62 Å². The van der Waals surface area contributed by atoms with Crippen molar-refractivity contribution in [2.24, 2.45) is 0 Å². The van der Waals surface area contributed by atoms with Crippen LogP contribution < -0.4 is 18.9 Å². The van der Waals surface area contributed by atoms with E-state index in [1.807, 2.05) is 32.0 Å². The van der Waals surface area contributed by atoms with E-state index < -0.39 is 22.1 Å². The normalized spacial score (nSPS) is 17.4. The fourth-order valence-electron chi connectivity index (χ4n) is 3.62. The Balaban J connectivity index is 1.62. The van der Waals surface area contributed by atoms with Crippen molar-refractivity contribution in [3.63, 3.8) is 0 Å². The molecule has 3 rings (SSSR count). The second kappa shape index (κ2) is 10.2. The van der Waals surface area contributed by atoms with Crippen LogP contribution in [0.1, 0.15) is 25.8 Å². The number of sulfonamides is 1. The molecule has 2 aromatic carbocycles. The number of likely N-dealkylation sites (tertiary alicyclic amines) is 1. The van der Waals surface area contributed by atoms with Crippen LogP contribution in [0.15, 0.2) is 47.4 Å². The largest absolute Gasteiger partial charge is 0.573 e. The fraction of sp³-hybridized carbons (Fsp3) is 0.455. The molecule has 1 aliphatic rings. The highest BCUT2D eigenvalue weighted by atomic mass is 32.2. The predicted molar refractivity (Wildman–Crippen MR) is 116 cm³/mol. The summed E-state index contributed by atoms with van der Waals surface area (Å²) in [5, 5.41) is 0. The van der Waals surface area contributed by atoms with Gasteiger partial charge in [0.15, 0.2) is 11.5 Å². The molecule has 0 radical (unpaired) electrons. The van der Waals surface area contributed by atoms with Gasteiger partial charge in [-0.25, -0.2) is 13.1 Å². The summed E-state index contributed by atoms with van der Waals surface area (Å²) in [4.78, 5) is 1.81. The van der Waals surface area contributed by atoms with Crippen LogP contribution in [0.2, 0.25) is 0 Å². The molecule has 11 heteroatoms. The summed E-state index contributed by atoms with van der Waals surface area (Å²) in [7, 11) is -2.44. The predicted octanol–water partition coefficient (Wildman–Crippen LogP) is 3.93. The minimum Gasteiger partial charge on any atom is -0.493 e. The van der Waals surface area contributed by atoms with Gasteiger partial charge in [-0.3, -0.25) is 4.90 Å². The molecular weight excluding hydrogens is 461 g/mol. The molecule has 182 valence electrons. The monoisotopic (exact) mass is 488 g/mol. The molecule has 1 atom stereocenters. The molecule has 0 aliphatic carbocycles. The van der Waals surface area contributed by atoms with Crippen LogP contribution in [0, 0.1) is 0 Å². The molecule has 1 aliphatic heterocycles. The summed E-state index contributed by atoms with van der Waals surface area (Å²) in [6, 6.07) is 9.64. The first-order valence-electron chi connectivity index (χ1n) is 10.4. The number of ether oxygens (including phenoxy) is 3. The zero-order chi connectivity index (χ0) is 24.2. The van der Waals surface area contributed by atoms with Crippen molar-refractivity contribution >= 4 is 10.0 Å². The molecule has 1 N–H and O–H groups in total. The van der Waals surface area contributed by atoms with Gasteiger partial charge in [-0.2, -0.15) is 0 Å². The van der Waals surface area contributed by atoms with Crippen LogP contribution in [0.3, 0.4) is 0 Å². The van der Waals surface area contributed by atoms with E-state index in [0.717, 1.165) is 17.7 Å². The third kappa shape index (κ3) is 7.24. The molecule has 0 unspecified atom stereocenters. The van der Waals surface area contributed by atoms with Crippen LogP contribution in [-0.2, 0) is 16.6 Å². The average molecular weight is 489 g/mol. The highest BCUT2D eigenvalue weighted by molar-refractivity contribution is 7.89. The lowest BCUT2D eigenvalue weighted by atomic mass is 10.2. The number of nitrogens with one attached hydrogen (secondary N) is 1. The molecule has 33 heavy (non-hydrogen) atoms. The van der Waals surface area contributed by atoms with Crippen LogP contribution in [0.25, 0.3) is 0 Å². The van der Waals surface area contributed by atoms with Crippen LogP contribution >= 0.6 is 0 Å². The first-order chi connectivity index (χ1) is 15.4. The number of alkyl halides is 3. The Hall–Kier alpha value is -2.50. The molecule has 1 saturated heterocycles.